The SMILES string of the molecule is COc1ccc(Cl)c(NC(C)c2ccc(Br)s2)c1. The van der Waals surface area contributed by atoms with Crippen molar-refractivity contribution < 1.29 is 4.74 Å². The number of halogens is 2. The molecule has 0 spiro atoms. The monoisotopic (exact) mass is 345 g/mol. The number of thiophene rings is 1. The number of anilines is 1. The number of ether oxygens (including phenoxy) is 1. The van der Waals surface area contributed by atoms with Gasteiger partial charge in [0.15, 0.2) is 0 Å². The van der Waals surface area contributed by atoms with Gasteiger partial charge in [-0.15, -0.1) is 11.3 Å². The van der Waals surface area contributed by atoms with E-state index in [9.17, 15) is 0 Å². The summed E-state index contributed by atoms with van der Waals surface area (Å²) in [6.07, 6.45) is 0. The summed E-state index contributed by atoms with van der Waals surface area (Å²) >= 11 is 11.3. The number of nitrogens with one attached hydrogen (secondary N) is 1. The Morgan fingerprint density at radius 3 is 2.72 bits per heavy atom. The first-order valence-corrected chi connectivity index (χ1v) is 7.44. The fourth-order valence-electron chi connectivity index (χ4n) is 1.61. The van der Waals surface area contributed by atoms with Crippen LogP contribution in [0.1, 0.15) is 17.8 Å². The van der Waals surface area contributed by atoms with Crippen LogP contribution in [0.3, 0.4) is 0 Å². The van der Waals surface area contributed by atoms with E-state index in [0.29, 0.717) is 5.02 Å². The van der Waals surface area contributed by atoms with Crippen molar-refractivity contribution in [2.24, 2.45) is 0 Å². The lowest BCUT2D eigenvalue weighted by atomic mass is 10.2. The molecule has 1 aromatic carbocycles. The standard InChI is InChI=1S/C13H13BrClNOS/c1-8(12-5-6-13(14)18-12)16-11-7-9(17-2)3-4-10(11)15/h3-8,16H,1-2H3. The van der Waals surface area contributed by atoms with Crippen molar-refractivity contribution in [3.63, 3.8) is 0 Å². The summed E-state index contributed by atoms with van der Waals surface area (Å²) < 4.78 is 6.33. The summed E-state index contributed by atoms with van der Waals surface area (Å²) in [5.74, 6) is 0.793. The number of hydrogen-bond donors (Lipinski definition) is 1. The fraction of sp³-hybridized carbons (Fsp3) is 0.231. The third kappa shape index (κ3) is 3.19. The topological polar surface area (TPSA) is 21.3 Å². The van der Waals surface area contributed by atoms with Crippen LogP contribution in [0.5, 0.6) is 5.75 Å². The molecule has 18 heavy (non-hydrogen) atoms. The second kappa shape index (κ2) is 5.95. The van der Waals surface area contributed by atoms with Gasteiger partial charge in [-0.3, -0.25) is 0 Å². The molecule has 0 bridgehead atoms. The molecule has 1 aromatic heterocycles. The van der Waals surface area contributed by atoms with E-state index >= 15 is 0 Å². The summed E-state index contributed by atoms with van der Waals surface area (Å²) in [4.78, 5) is 1.25. The van der Waals surface area contributed by atoms with Gasteiger partial charge in [0.25, 0.3) is 0 Å². The summed E-state index contributed by atoms with van der Waals surface area (Å²) in [6.45, 7) is 2.11. The Balaban J connectivity index is 2.18. The highest BCUT2D eigenvalue weighted by Gasteiger charge is 2.10. The molecule has 1 atom stereocenters. The molecule has 0 aliphatic carbocycles. The van der Waals surface area contributed by atoms with Crippen LogP contribution in [-0.4, -0.2) is 7.11 Å². The van der Waals surface area contributed by atoms with Crippen molar-refractivity contribution in [2.75, 3.05) is 12.4 Å². The van der Waals surface area contributed by atoms with Gasteiger partial charge >= 0.3 is 0 Å². The molecule has 2 nitrogen and oxygen atoms in total. The van der Waals surface area contributed by atoms with Gasteiger partial charge in [0.1, 0.15) is 5.75 Å². The first-order chi connectivity index (χ1) is 8.60. The Bertz CT molecular complexity index is 544. The van der Waals surface area contributed by atoms with Gasteiger partial charge in [-0.2, -0.15) is 0 Å². The number of benzene rings is 1. The maximum absolute atomic E-state index is 6.17. The molecule has 1 unspecified atom stereocenters. The largest absolute Gasteiger partial charge is 0.497 e. The average Bonchev–Trinajstić information content (AvgIpc) is 2.79. The summed E-state index contributed by atoms with van der Waals surface area (Å²) in [5.41, 5.74) is 0.882. The zero-order chi connectivity index (χ0) is 13.1. The van der Waals surface area contributed by atoms with Crippen LogP contribution >= 0.6 is 38.9 Å². The van der Waals surface area contributed by atoms with Gasteiger partial charge in [-0.25, -0.2) is 0 Å². The molecular weight excluding hydrogens is 334 g/mol. The minimum atomic E-state index is 0.200. The molecule has 0 aliphatic rings. The van der Waals surface area contributed by atoms with Gasteiger partial charge in [0.2, 0.25) is 0 Å². The lowest BCUT2D eigenvalue weighted by Gasteiger charge is -2.15. The van der Waals surface area contributed by atoms with Crippen LogP contribution < -0.4 is 10.1 Å². The van der Waals surface area contributed by atoms with Gasteiger partial charge in [-0.05, 0) is 47.1 Å². The Morgan fingerprint density at radius 1 is 1.33 bits per heavy atom. The zero-order valence-corrected chi connectivity index (χ0v) is 13.2. The lowest BCUT2D eigenvalue weighted by molar-refractivity contribution is 0.415. The summed E-state index contributed by atoms with van der Waals surface area (Å²) in [6, 6.07) is 9.93. The van der Waals surface area contributed by atoms with E-state index in [1.165, 1.54) is 4.88 Å². The molecule has 2 rings (SSSR count). The van der Waals surface area contributed by atoms with Crippen molar-refractivity contribution >= 4 is 44.6 Å². The molecule has 0 fully saturated rings. The van der Waals surface area contributed by atoms with Crippen molar-refractivity contribution in [3.05, 3.63) is 44.0 Å². The minimum Gasteiger partial charge on any atom is -0.497 e. The van der Waals surface area contributed by atoms with Crippen molar-refractivity contribution in [1.82, 2.24) is 0 Å². The maximum Gasteiger partial charge on any atom is 0.121 e. The van der Waals surface area contributed by atoms with Gasteiger partial charge < -0.3 is 10.1 Å². The third-order valence-electron chi connectivity index (χ3n) is 2.57. The Hall–Kier alpha value is -0.710. The third-order valence-corrected chi connectivity index (χ3v) is 4.70. The first kappa shape index (κ1) is 13.7. The normalized spacial score (nSPS) is 12.2. The quantitative estimate of drug-likeness (QED) is 0.806. The lowest BCUT2D eigenvalue weighted by Crippen LogP contribution is -2.05. The van der Waals surface area contributed by atoms with E-state index in [0.717, 1.165) is 15.2 Å². The van der Waals surface area contributed by atoms with Gasteiger partial charge in [0, 0.05) is 10.9 Å². The first-order valence-electron chi connectivity index (χ1n) is 5.45. The molecule has 1 N–H and O–H groups in total. The molecule has 0 aliphatic heterocycles. The van der Waals surface area contributed by atoms with Crippen molar-refractivity contribution in [2.45, 2.75) is 13.0 Å². The maximum atomic E-state index is 6.17. The highest BCUT2D eigenvalue weighted by atomic mass is 79.9. The van der Waals surface area contributed by atoms with Gasteiger partial charge in [0.05, 0.1) is 27.6 Å². The second-order valence-corrected chi connectivity index (χ2v) is 6.76. The number of methoxy groups -OCH3 is 1. The molecule has 2 aromatic rings. The van der Waals surface area contributed by atoms with Crippen LogP contribution in [0, 0.1) is 0 Å². The Morgan fingerprint density at radius 2 is 2.11 bits per heavy atom. The second-order valence-electron chi connectivity index (χ2n) is 3.85. The fourth-order valence-corrected chi connectivity index (χ4v) is 3.21. The summed E-state index contributed by atoms with van der Waals surface area (Å²) in [7, 11) is 1.65. The average molecular weight is 347 g/mol. The number of rotatable bonds is 4. The van der Waals surface area contributed by atoms with E-state index in [1.54, 1.807) is 18.4 Å². The Kier molecular flexibility index (Phi) is 4.54. The van der Waals surface area contributed by atoms with E-state index in [1.807, 2.05) is 24.3 Å². The molecular formula is C13H13BrClNOS. The van der Waals surface area contributed by atoms with E-state index in [2.05, 4.69) is 34.2 Å². The van der Waals surface area contributed by atoms with Crippen LogP contribution in [0.2, 0.25) is 5.02 Å². The minimum absolute atomic E-state index is 0.200. The van der Waals surface area contributed by atoms with Crippen molar-refractivity contribution in [3.8, 4) is 5.75 Å². The van der Waals surface area contributed by atoms with E-state index in [4.69, 9.17) is 16.3 Å². The molecule has 0 radical (unpaired) electrons. The van der Waals surface area contributed by atoms with Crippen LogP contribution in [0.15, 0.2) is 34.1 Å². The molecule has 0 amide bonds. The van der Waals surface area contributed by atoms with E-state index in [-0.39, 0.29) is 6.04 Å². The zero-order valence-electron chi connectivity index (χ0n) is 10.0. The van der Waals surface area contributed by atoms with Gasteiger partial charge in [-0.1, -0.05) is 11.6 Å². The summed E-state index contributed by atoms with van der Waals surface area (Å²) in [5, 5.41) is 4.08. The number of hydrogen-bond acceptors (Lipinski definition) is 3. The smallest absolute Gasteiger partial charge is 0.121 e. The molecule has 5 heteroatoms. The molecule has 0 saturated heterocycles. The molecule has 0 saturated carbocycles. The van der Waals surface area contributed by atoms with Crippen molar-refractivity contribution in [1.29, 1.82) is 0 Å². The molecule has 1 heterocycles. The Labute approximate surface area is 124 Å². The predicted octanol–water partition coefficient (Wildman–Crippen LogP) is 5.35. The van der Waals surface area contributed by atoms with Crippen LogP contribution in [-0.2, 0) is 0 Å². The predicted molar refractivity (Wildman–Crippen MR) is 82.1 cm³/mol. The van der Waals surface area contributed by atoms with Crippen LogP contribution in [0.25, 0.3) is 0 Å². The molecule has 96 valence electrons. The van der Waals surface area contributed by atoms with Crippen LogP contribution in [0.4, 0.5) is 5.69 Å². The highest BCUT2D eigenvalue weighted by Crippen LogP contribution is 2.33. The highest BCUT2D eigenvalue weighted by molar-refractivity contribution is 9.11. The van der Waals surface area contributed by atoms with E-state index < -0.39 is 0 Å².